The predicted octanol–water partition coefficient (Wildman–Crippen LogP) is 0.892. The van der Waals surface area contributed by atoms with Gasteiger partial charge in [-0.1, -0.05) is 0 Å². The molecule has 2 aliphatic heterocycles. The highest BCUT2D eigenvalue weighted by Gasteiger charge is 2.40. The molecule has 2 fully saturated rings. The maximum atomic E-state index is 11.8. The fourth-order valence-corrected chi connectivity index (χ4v) is 3.04. The van der Waals surface area contributed by atoms with Crippen LogP contribution in [-0.4, -0.2) is 47.7 Å². The number of unbranched alkanes of at least 4 members (excludes halogenated alkanes) is 2. The van der Waals surface area contributed by atoms with Gasteiger partial charge >= 0.3 is 0 Å². The van der Waals surface area contributed by atoms with E-state index in [0.29, 0.717) is 24.4 Å². The van der Waals surface area contributed by atoms with Gasteiger partial charge in [0.15, 0.2) is 0 Å². The van der Waals surface area contributed by atoms with Crippen molar-refractivity contribution in [2.45, 2.75) is 57.0 Å². The van der Waals surface area contributed by atoms with E-state index < -0.39 is 0 Å². The van der Waals surface area contributed by atoms with Crippen LogP contribution in [0, 0.1) is 0 Å². The van der Waals surface area contributed by atoms with Crippen molar-refractivity contribution in [3.8, 4) is 0 Å². The van der Waals surface area contributed by atoms with E-state index in [1.807, 2.05) is 0 Å². The molecule has 2 unspecified atom stereocenters. The summed E-state index contributed by atoms with van der Waals surface area (Å²) in [4.78, 5) is 13.9. The minimum atomic E-state index is 0.290. The van der Waals surface area contributed by atoms with E-state index in [1.165, 1.54) is 19.3 Å². The SMILES string of the molecule is O=C1CC(NCCCCCO)C2CCCCN12. The van der Waals surface area contributed by atoms with Gasteiger partial charge in [-0.25, -0.2) is 0 Å². The molecule has 2 heterocycles. The second kappa shape index (κ2) is 6.36. The zero-order valence-electron chi connectivity index (χ0n) is 10.5. The number of amides is 1. The maximum absolute atomic E-state index is 11.8. The summed E-state index contributed by atoms with van der Waals surface area (Å²) in [5.74, 6) is 0.336. The van der Waals surface area contributed by atoms with E-state index in [2.05, 4.69) is 10.2 Å². The lowest BCUT2D eigenvalue weighted by Gasteiger charge is -2.32. The summed E-state index contributed by atoms with van der Waals surface area (Å²) in [6.45, 7) is 2.23. The first-order chi connectivity index (χ1) is 8.33. The van der Waals surface area contributed by atoms with Crippen molar-refractivity contribution in [1.29, 1.82) is 0 Å². The number of aliphatic hydroxyl groups excluding tert-OH is 1. The number of carbonyl (C=O) groups is 1. The molecule has 4 heteroatoms. The number of nitrogens with zero attached hydrogens (tertiary/aromatic N) is 1. The van der Waals surface area contributed by atoms with E-state index in [-0.39, 0.29) is 6.61 Å². The number of carbonyl (C=O) groups excluding carboxylic acids is 1. The Morgan fingerprint density at radius 1 is 1.29 bits per heavy atom. The smallest absolute Gasteiger partial charge is 0.224 e. The molecule has 0 aromatic carbocycles. The summed E-state index contributed by atoms with van der Waals surface area (Å²) in [6, 6.07) is 0.825. The molecule has 0 aliphatic carbocycles. The van der Waals surface area contributed by atoms with Crippen molar-refractivity contribution in [3.63, 3.8) is 0 Å². The Bertz CT molecular complexity index is 258. The van der Waals surface area contributed by atoms with Crippen LogP contribution in [-0.2, 0) is 4.79 Å². The molecule has 0 bridgehead atoms. The summed E-state index contributed by atoms with van der Waals surface area (Å²) in [6.07, 6.45) is 7.34. The number of hydrogen-bond donors (Lipinski definition) is 2. The standard InChI is InChI=1S/C13H24N2O2/c16-9-5-1-3-7-14-11-10-13(17)15-8-4-2-6-12(11)15/h11-12,14,16H,1-10H2. The van der Waals surface area contributed by atoms with Crippen molar-refractivity contribution in [1.82, 2.24) is 10.2 Å². The predicted molar refractivity (Wildman–Crippen MR) is 66.7 cm³/mol. The number of rotatable bonds is 6. The van der Waals surface area contributed by atoms with Crippen LogP contribution in [0.3, 0.4) is 0 Å². The van der Waals surface area contributed by atoms with Gasteiger partial charge in [0, 0.05) is 31.7 Å². The van der Waals surface area contributed by atoms with Gasteiger partial charge in [0.2, 0.25) is 5.91 Å². The van der Waals surface area contributed by atoms with Gasteiger partial charge in [-0.15, -0.1) is 0 Å². The molecular weight excluding hydrogens is 216 g/mol. The molecule has 0 saturated carbocycles. The molecule has 0 aromatic heterocycles. The van der Waals surface area contributed by atoms with Gasteiger partial charge < -0.3 is 15.3 Å². The summed E-state index contributed by atoms with van der Waals surface area (Å²) in [5, 5.41) is 12.2. The molecule has 0 aromatic rings. The first kappa shape index (κ1) is 12.8. The zero-order valence-corrected chi connectivity index (χ0v) is 10.5. The van der Waals surface area contributed by atoms with Crippen LogP contribution >= 0.6 is 0 Å². The molecule has 0 radical (unpaired) electrons. The third-order valence-corrected chi connectivity index (χ3v) is 3.97. The van der Waals surface area contributed by atoms with Gasteiger partial charge in [-0.3, -0.25) is 4.79 Å². The van der Waals surface area contributed by atoms with Crippen LogP contribution in [0.15, 0.2) is 0 Å². The molecular formula is C13H24N2O2. The molecule has 2 saturated heterocycles. The van der Waals surface area contributed by atoms with Crippen molar-refractivity contribution >= 4 is 5.91 Å². The number of nitrogens with one attached hydrogen (secondary N) is 1. The van der Waals surface area contributed by atoms with E-state index in [0.717, 1.165) is 32.4 Å². The molecule has 98 valence electrons. The third kappa shape index (κ3) is 3.19. The minimum absolute atomic E-state index is 0.290. The first-order valence-corrected chi connectivity index (χ1v) is 6.96. The highest BCUT2D eigenvalue weighted by atomic mass is 16.2. The lowest BCUT2D eigenvalue weighted by atomic mass is 9.99. The average molecular weight is 240 g/mol. The quantitative estimate of drug-likeness (QED) is 0.678. The Hall–Kier alpha value is -0.610. The Kier molecular flexibility index (Phi) is 4.80. The van der Waals surface area contributed by atoms with E-state index in [9.17, 15) is 4.79 Å². The van der Waals surface area contributed by atoms with Crippen molar-refractivity contribution in [2.24, 2.45) is 0 Å². The summed E-state index contributed by atoms with van der Waals surface area (Å²) >= 11 is 0. The van der Waals surface area contributed by atoms with E-state index >= 15 is 0 Å². The van der Waals surface area contributed by atoms with Crippen molar-refractivity contribution in [3.05, 3.63) is 0 Å². The molecule has 17 heavy (non-hydrogen) atoms. The molecule has 2 aliphatic rings. The highest BCUT2D eigenvalue weighted by Crippen LogP contribution is 2.28. The van der Waals surface area contributed by atoms with Gasteiger partial charge in [0.25, 0.3) is 0 Å². The molecule has 4 nitrogen and oxygen atoms in total. The van der Waals surface area contributed by atoms with Crippen LogP contribution in [0.2, 0.25) is 0 Å². The van der Waals surface area contributed by atoms with Crippen molar-refractivity contribution < 1.29 is 9.90 Å². The molecule has 2 rings (SSSR count). The number of hydrogen-bond acceptors (Lipinski definition) is 3. The number of piperidine rings is 1. The van der Waals surface area contributed by atoms with E-state index in [4.69, 9.17) is 5.11 Å². The monoisotopic (exact) mass is 240 g/mol. The Morgan fingerprint density at radius 3 is 3.00 bits per heavy atom. The second-order valence-electron chi connectivity index (χ2n) is 5.20. The summed E-state index contributed by atoms with van der Waals surface area (Å²) in [7, 11) is 0. The third-order valence-electron chi connectivity index (χ3n) is 3.97. The van der Waals surface area contributed by atoms with Crippen LogP contribution in [0.25, 0.3) is 0 Å². The average Bonchev–Trinajstić information content (AvgIpc) is 2.67. The Morgan fingerprint density at radius 2 is 2.18 bits per heavy atom. The Balaban J connectivity index is 1.71. The molecule has 2 N–H and O–H groups in total. The first-order valence-electron chi connectivity index (χ1n) is 6.96. The van der Waals surface area contributed by atoms with Crippen LogP contribution < -0.4 is 5.32 Å². The van der Waals surface area contributed by atoms with Crippen molar-refractivity contribution in [2.75, 3.05) is 19.7 Å². The summed E-state index contributed by atoms with van der Waals surface area (Å²) < 4.78 is 0. The largest absolute Gasteiger partial charge is 0.396 e. The van der Waals surface area contributed by atoms with Gasteiger partial charge in [-0.05, 0) is 45.1 Å². The number of fused-ring (bicyclic) bond motifs is 1. The zero-order chi connectivity index (χ0) is 12.1. The highest BCUT2D eigenvalue weighted by molar-refractivity contribution is 5.80. The maximum Gasteiger partial charge on any atom is 0.224 e. The molecule has 0 spiro atoms. The van der Waals surface area contributed by atoms with Crippen LogP contribution in [0.1, 0.15) is 44.9 Å². The van der Waals surface area contributed by atoms with Crippen LogP contribution in [0.4, 0.5) is 0 Å². The number of aliphatic hydroxyl groups is 1. The lowest BCUT2D eigenvalue weighted by Crippen LogP contribution is -2.45. The summed E-state index contributed by atoms with van der Waals surface area (Å²) in [5.41, 5.74) is 0. The topological polar surface area (TPSA) is 52.6 Å². The van der Waals surface area contributed by atoms with Gasteiger partial charge in [-0.2, -0.15) is 0 Å². The van der Waals surface area contributed by atoms with E-state index in [1.54, 1.807) is 0 Å². The van der Waals surface area contributed by atoms with Crippen LogP contribution in [0.5, 0.6) is 0 Å². The fraction of sp³-hybridized carbons (Fsp3) is 0.923. The second-order valence-corrected chi connectivity index (χ2v) is 5.20. The fourth-order valence-electron chi connectivity index (χ4n) is 3.04. The molecule has 2 atom stereocenters. The Labute approximate surface area is 103 Å². The molecule has 1 amide bonds. The van der Waals surface area contributed by atoms with Gasteiger partial charge in [0.1, 0.15) is 0 Å². The lowest BCUT2D eigenvalue weighted by molar-refractivity contribution is -0.129. The minimum Gasteiger partial charge on any atom is -0.396 e. The van der Waals surface area contributed by atoms with Gasteiger partial charge in [0.05, 0.1) is 0 Å². The normalized spacial score (nSPS) is 28.5.